The fourth-order valence-electron chi connectivity index (χ4n) is 1.67. The summed E-state index contributed by atoms with van der Waals surface area (Å²) in [6, 6.07) is 4.95. The van der Waals surface area contributed by atoms with E-state index in [9.17, 15) is 0 Å². The van der Waals surface area contributed by atoms with E-state index in [1.807, 2.05) is 26.8 Å². The Bertz CT molecular complexity index is 370. The first-order valence-corrected chi connectivity index (χ1v) is 6.40. The second-order valence-corrected chi connectivity index (χ2v) is 3.90. The standard InChI is InChI=1S/C13H15N2.C2H6.Y/c1-12-6-7-13(14-11-12)5-4-10-15-8-2-3-9-15;1-2;/h7,11H,2-3,8-10H2,1H3;1-2H3;/q-1;;. The van der Waals surface area contributed by atoms with Crippen LogP contribution in [0, 0.1) is 24.8 Å². The van der Waals surface area contributed by atoms with Gasteiger partial charge in [-0.25, -0.2) is 0 Å². The molecule has 95 valence electrons. The maximum Gasteiger partial charge on any atom is 0.0594 e. The molecule has 2 nitrogen and oxygen atoms in total. The Morgan fingerprint density at radius 1 is 1.33 bits per heavy atom. The van der Waals surface area contributed by atoms with Crippen LogP contribution in [0.4, 0.5) is 0 Å². The molecule has 2 heterocycles. The van der Waals surface area contributed by atoms with E-state index in [0.717, 1.165) is 17.8 Å². The Morgan fingerprint density at radius 3 is 2.56 bits per heavy atom. The molecule has 0 aliphatic carbocycles. The van der Waals surface area contributed by atoms with Crippen LogP contribution in [0.15, 0.2) is 12.3 Å². The minimum absolute atomic E-state index is 0. The van der Waals surface area contributed by atoms with Gasteiger partial charge in [0.2, 0.25) is 0 Å². The molecule has 1 radical (unpaired) electrons. The molecule has 0 amide bonds. The third-order valence-electron chi connectivity index (χ3n) is 2.55. The summed E-state index contributed by atoms with van der Waals surface area (Å²) in [6.07, 6.45) is 4.44. The van der Waals surface area contributed by atoms with Gasteiger partial charge >= 0.3 is 0 Å². The average molecular weight is 318 g/mol. The van der Waals surface area contributed by atoms with E-state index < -0.39 is 0 Å². The smallest absolute Gasteiger partial charge is 0.0594 e. The molecule has 0 N–H and O–H groups in total. The third kappa shape index (κ3) is 6.64. The van der Waals surface area contributed by atoms with Crippen LogP contribution in [0.25, 0.3) is 0 Å². The van der Waals surface area contributed by atoms with Crippen molar-refractivity contribution in [3.05, 3.63) is 29.6 Å². The van der Waals surface area contributed by atoms with Gasteiger partial charge in [-0.1, -0.05) is 32.9 Å². The molecule has 1 aromatic heterocycles. The maximum atomic E-state index is 4.22. The fourth-order valence-corrected chi connectivity index (χ4v) is 1.67. The number of likely N-dealkylation sites (tertiary alicyclic amines) is 1. The fraction of sp³-hybridized carbons (Fsp3) is 0.533. The molecule has 0 bridgehead atoms. The van der Waals surface area contributed by atoms with Crippen molar-refractivity contribution in [3.8, 4) is 11.8 Å². The summed E-state index contributed by atoms with van der Waals surface area (Å²) in [5, 5.41) is 0. The molecule has 3 heteroatoms. The molecule has 18 heavy (non-hydrogen) atoms. The number of rotatable bonds is 1. The zero-order valence-electron chi connectivity index (χ0n) is 11.7. The van der Waals surface area contributed by atoms with Crippen LogP contribution in [0.1, 0.15) is 37.9 Å². The van der Waals surface area contributed by atoms with Gasteiger partial charge < -0.3 is 4.98 Å². The quantitative estimate of drug-likeness (QED) is 0.585. The second-order valence-electron chi connectivity index (χ2n) is 3.90. The van der Waals surface area contributed by atoms with Gasteiger partial charge in [0, 0.05) is 32.7 Å². The van der Waals surface area contributed by atoms with Crippen LogP contribution in [0.2, 0.25) is 0 Å². The van der Waals surface area contributed by atoms with E-state index in [4.69, 9.17) is 0 Å². The molecular formula is C15H21N2Y-. The molecular weight excluding hydrogens is 297 g/mol. The van der Waals surface area contributed by atoms with Crippen molar-refractivity contribution in [3.63, 3.8) is 0 Å². The zero-order chi connectivity index (χ0) is 12.5. The van der Waals surface area contributed by atoms with Crippen molar-refractivity contribution in [2.45, 2.75) is 33.6 Å². The Labute approximate surface area is 136 Å². The van der Waals surface area contributed by atoms with Gasteiger partial charge in [0.25, 0.3) is 0 Å². The van der Waals surface area contributed by atoms with Gasteiger partial charge in [0.1, 0.15) is 0 Å². The van der Waals surface area contributed by atoms with E-state index in [1.165, 1.54) is 25.9 Å². The minimum Gasteiger partial charge on any atom is -0.375 e. The molecule has 0 aromatic carbocycles. The Kier molecular flexibility index (Phi) is 10.5. The van der Waals surface area contributed by atoms with Crippen LogP contribution in [0.3, 0.4) is 0 Å². The van der Waals surface area contributed by atoms with Gasteiger partial charge in [-0.3, -0.25) is 4.90 Å². The Hall–Kier alpha value is -0.226. The predicted octanol–water partition coefficient (Wildman–Crippen LogP) is 2.66. The van der Waals surface area contributed by atoms with E-state index in [0.29, 0.717) is 0 Å². The number of hydrogen-bond donors (Lipinski definition) is 0. The van der Waals surface area contributed by atoms with Gasteiger partial charge in [-0.05, 0) is 31.6 Å². The zero-order valence-corrected chi connectivity index (χ0v) is 14.5. The normalized spacial score (nSPS) is 13.7. The molecule has 0 atom stereocenters. The van der Waals surface area contributed by atoms with Crippen molar-refractivity contribution >= 4 is 0 Å². The van der Waals surface area contributed by atoms with Crippen molar-refractivity contribution in [1.82, 2.24) is 9.88 Å². The third-order valence-corrected chi connectivity index (χ3v) is 2.55. The molecule has 1 fully saturated rings. The summed E-state index contributed by atoms with van der Waals surface area (Å²) in [6.45, 7) is 9.24. The van der Waals surface area contributed by atoms with Crippen LogP contribution in [0.5, 0.6) is 0 Å². The van der Waals surface area contributed by atoms with Crippen molar-refractivity contribution in [2.75, 3.05) is 19.6 Å². The summed E-state index contributed by atoms with van der Waals surface area (Å²) in [5.74, 6) is 6.22. The van der Waals surface area contributed by atoms with Crippen LogP contribution in [-0.4, -0.2) is 29.5 Å². The summed E-state index contributed by atoms with van der Waals surface area (Å²) in [5.41, 5.74) is 1.87. The molecule has 1 aliphatic rings. The predicted molar refractivity (Wildman–Crippen MR) is 71.7 cm³/mol. The van der Waals surface area contributed by atoms with E-state index >= 15 is 0 Å². The second kappa shape index (κ2) is 10.7. The van der Waals surface area contributed by atoms with Crippen LogP contribution in [-0.2, 0) is 32.7 Å². The Morgan fingerprint density at radius 2 is 2.00 bits per heavy atom. The first-order valence-electron chi connectivity index (χ1n) is 6.40. The number of pyridine rings is 1. The Balaban J connectivity index is 0.000000917. The van der Waals surface area contributed by atoms with Gasteiger partial charge in [-0.15, -0.1) is 17.6 Å². The summed E-state index contributed by atoms with van der Waals surface area (Å²) < 4.78 is 0. The van der Waals surface area contributed by atoms with Crippen LogP contribution >= 0.6 is 0 Å². The van der Waals surface area contributed by atoms with E-state index in [1.54, 1.807) is 6.20 Å². The van der Waals surface area contributed by atoms with Crippen molar-refractivity contribution in [1.29, 1.82) is 0 Å². The molecule has 0 spiro atoms. The van der Waals surface area contributed by atoms with Crippen molar-refractivity contribution < 1.29 is 32.7 Å². The molecule has 0 unspecified atom stereocenters. The average Bonchev–Trinajstić information content (AvgIpc) is 2.87. The molecule has 2 rings (SSSR count). The maximum absolute atomic E-state index is 4.22. The minimum atomic E-state index is 0. The number of hydrogen-bond acceptors (Lipinski definition) is 2. The number of aryl methyl sites for hydroxylation is 1. The van der Waals surface area contributed by atoms with E-state index in [2.05, 4.69) is 27.8 Å². The van der Waals surface area contributed by atoms with Crippen molar-refractivity contribution in [2.24, 2.45) is 0 Å². The topological polar surface area (TPSA) is 16.1 Å². The molecule has 1 aliphatic heterocycles. The van der Waals surface area contributed by atoms with Gasteiger partial charge in [0.05, 0.1) is 6.54 Å². The van der Waals surface area contributed by atoms with Gasteiger partial charge in [0.15, 0.2) is 0 Å². The molecule has 0 saturated carbocycles. The summed E-state index contributed by atoms with van der Waals surface area (Å²) in [4.78, 5) is 6.60. The van der Waals surface area contributed by atoms with Crippen LogP contribution < -0.4 is 0 Å². The first kappa shape index (κ1) is 17.8. The number of aromatic nitrogens is 1. The first-order chi connectivity index (χ1) is 8.34. The SMILES string of the molecule is CC.Cc1[c-]cc(C#CCN2CCCC2)nc1.[Y]. The number of nitrogens with zero attached hydrogens (tertiary/aromatic N) is 2. The monoisotopic (exact) mass is 318 g/mol. The molecule has 1 saturated heterocycles. The van der Waals surface area contributed by atoms with Gasteiger partial charge in [-0.2, -0.15) is 6.07 Å². The largest absolute Gasteiger partial charge is 0.375 e. The molecule has 1 aromatic rings. The summed E-state index contributed by atoms with van der Waals surface area (Å²) >= 11 is 0. The van der Waals surface area contributed by atoms with E-state index in [-0.39, 0.29) is 32.7 Å². The summed E-state index contributed by atoms with van der Waals surface area (Å²) in [7, 11) is 0.